The predicted octanol–water partition coefficient (Wildman–Crippen LogP) is 1.94. The summed E-state index contributed by atoms with van der Waals surface area (Å²) in [5.41, 5.74) is 1.59. The van der Waals surface area contributed by atoms with Gasteiger partial charge in [0.05, 0.1) is 18.8 Å². The molecule has 3 fully saturated rings. The van der Waals surface area contributed by atoms with E-state index < -0.39 is 11.4 Å². The minimum atomic E-state index is -0.751. The maximum Gasteiger partial charge on any atom is 0.168 e. The lowest BCUT2D eigenvalue weighted by Crippen LogP contribution is -2.44. The monoisotopic (exact) mass is 346 g/mol. The number of piperazine rings is 1. The smallest absolute Gasteiger partial charge is 0.168 e. The Hall–Kier alpha value is -0.980. The van der Waals surface area contributed by atoms with E-state index in [4.69, 9.17) is 9.47 Å². The Morgan fingerprint density at radius 3 is 2.36 bits per heavy atom. The zero-order chi connectivity index (χ0) is 17.3. The zero-order valence-electron chi connectivity index (χ0n) is 15.2. The van der Waals surface area contributed by atoms with E-state index in [9.17, 15) is 5.11 Å². The summed E-state index contributed by atoms with van der Waals surface area (Å²) in [6.07, 6.45) is 2.94. The van der Waals surface area contributed by atoms with E-state index in [1.165, 1.54) is 5.56 Å². The van der Waals surface area contributed by atoms with Gasteiger partial charge in [-0.05, 0) is 31.0 Å². The van der Waals surface area contributed by atoms with E-state index in [0.29, 0.717) is 26.1 Å². The lowest BCUT2D eigenvalue weighted by Gasteiger charge is -2.41. The van der Waals surface area contributed by atoms with Crippen LogP contribution in [-0.2, 0) is 21.6 Å². The molecular weight excluding hydrogens is 316 g/mol. The second-order valence-corrected chi connectivity index (χ2v) is 7.92. The molecule has 0 atom stereocenters. The third-order valence-electron chi connectivity index (χ3n) is 6.12. The molecule has 5 nitrogen and oxygen atoms in total. The van der Waals surface area contributed by atoms with Gasteiger partial charge in [0.15, 0.2) is 5.79 Å². The molecule has 0 aromatic heterocycles. The van der Waals surface area contributed by atoms with E-state index in [0.717, 1.165) is 51.1 Å². The number of rotatable bonds is 3. The van der Waals surface area contributed by atoms with E-state index in [2.05, 4.69) is 41.1 Å². The number of ether oxygens (including phenoxy) is 2. The molecule has 0 amide bonds. The van der Waals surface area contributed by atoms with Crippen molar-refractivity contribution in [3.8, 4) is 0 Å². The molecular formula is C20H30N2O3. The first-order valence-electron chi connectivity index (χ1n) is 9.58. The standard InChI is InChI=1S/C20H30N2O3/c1-21-9-11-22(12-10-21)16-17-3-2-4-18(15-17)19(23)5-7-20(8-6-19)24-13-14-25-20/h2-4,15,23H,5-14,16H2,1H3. The van der Waals surface area contributed by atoms with Crippen LogP contribution in [0.25, 0.3) is 0 Å². The Balaban J connectivity index is 1.42. The minimum absolute atomic E-state index is 0.427. The Kier molecular flexibility index (Phi) is 4.86. The van der Waals surface area contributed by atoms with E-state index in [-0.39, 0.29) is 0 Å². The van der Waals surface area contributed by atoms with Crippen molar-refractivity contribution < 1.29 is 14.6 Å². The van der Waals surface area contributed by atoms with Crippen LogP contribution in [0.15, 0.2) is 24.3 Å². The van der Waals surface area contributed by atoms with Crippen LogP contribution in [0.2, 0.25) is 0 Å². The maximum atomic E-state index is 11.2. The molecule has 4 rings (SSSR count). The minimum Gasteiger partial charge on any atom is -0.385 e. The van der Waals surface area contributed by atoms with Crippen LogP contribution in [0.5, 0.6) is 0 Å². The highest BCUT2D eigenvalue weighted by Gasteiger charge is 2.46. The van der Waals surface area contributed by atoms with Gasteiger partial charge in [0.25, 0.3) is 0 Å². The van der Waals surface area contributed by atoms with Crippen LogP contribution in [0.3, 0.4) is 0 Å². The van der Waals surface area contributed by atoms with Crippen LogP contribution >= 0.6 is 0 Å². The third kappa shape index (κ3) is 3.76. The van der Waals surface area contributed by atoms with Gasteiger partial charge in [-0.3, -0.25) is 4.90 Å². The molecule has 0 unspecified atom stereocenters. The van der Waals surface area contributed by atoms with Gasteiger partial charge in [-0.25, -0.2) is 0 Å². The second kappa shape index (κ2) is 6.97. The van der Waals surface area contributed by atoms with E-state index in [1.54, 1.807) is 0 Å². The van der Waals surface area contributed by atoms with Crippen molar-refractivity contribution in [3.63, 3.8) is 0 Å². The lowest BCUT2D eigenvalue weighted by molar-refractivity contribution is -0.204. The number of hydrogen-bond donors (Lipinski definition) is 1. The van der Waals surface area contributed by atoms with E-state index in [1.807, 2.05) is 0 Å². The first-order valence-corrected chi connectivity index (χ1v) is 9.58. The maximum absolute atomic E-state index is 11.2. The summed E-state index contributed by atoms with van der Waals surface area (Å²) in [5.74, 6) is -0.427. The topological polar surface area (TPSA) is 45.2 Å². The zero-order valence-corrected chi connectivity index (χ0v) is 15.2. The van der Waals surface area contributed by atoms with Gasteiger partial charge in [-0.2, -0.15) is 0 Å². The molecule has 0 bridgehead atoms. The SMILES string of the molecule is CN1CCN(Cc2cccc(C3(O)CCC4(CC3)OCCO4)c2)CC1. The van der Waals surface area contributed by atoms with Crippen molar-refractivity contribution in [2.24, 2.45) is 0 Å². The van der Waals surface area contributed by atoms with Crippen molar-refractivity contribution in [2.75, 3.05) is 46.4 Å². The van der Waals surface area contributed by atoms with Gasteiger partial charge in [0, 0.05) is 45.6 Å². The average Bonchev–Trinajstić information content (AvgIpc) is 3.09. The van der Waals surface area contributed by atoms with Crippen molar-refractivity contribution in [2.45, 2.75) is 43.6 Å². The number of benzene rings is 1. The highest BCUT2D eigenvalue weighted by Crippen LogP contribution is 2.44. The number of likely N-dealkylation sites (N-methyl/N-ethyl adjacent to an activating group) is 1. The third-order valence-corrected chi connectivity index (χ3v) is 6.12. The summed E-state index contributed by atoms with van der Waals surface area (Å²) in [7, 11) is 2.18. The molecule has 5 heteroatoms. The molecule has 25 heavy (non-hydrogen) atoms. The fourth-order valence-electron chi connectivity index (χ4n) is 4.34. The molecule has 1 aromatic carbocycles. The molecule has 1 aromatic rings. The van der Waals surface area contributed by atoms with Gasteiger partial charge in [-0.15, -0.1) is 0 Å². The van der Waals surface area contributed by atoms with Crippen molar-refractivity contribution >= 4 is 0 Å². The number of hydrogen-bond acceptors (Lipinski definition) is 5. The molecule has 2 aliphatic heterocycles. The molecule has 138 valence electrons. The number of nitrogens with zero attached hydrogens (tertiary/aromatic N) is 2. The summed E-state index contributed by atoms with van der Waals surface area (Å²) in [4.78, 5) is 4.87. The largest absolute Gasteiger partial charge is 0.385 e. The quantitative estimate of drug-likeness (QED) is 0.906. The van der Waals surface area contributed by atoms with Crippen molar-refractivity contribution in [3.05, 3.63) is 35.4 Å². The van der Waals surface area contributed by atoms with Gasteiger partial charge in [0.1, 0.15) is 0 Å². The Morgan fingerprint density at radius 1 is 1.00 bits per heavy atom. The molecule has 1 aliphatic carbocycles. The van der Waals surface area contributed by atoms with Crippen LogP contribution in [0.4, 0.5) is 0 Å². The fraction of sp³-hybridized carbons (Fsp3) is 0.700. The molecule has 0 radical (unpaired) electrons. The van der Waals surface area contributed by atoms with Crippen LogP contribution in [0, 0.1) is 0 Å². The van der Waals surface area contributed by atoms with Gasteiger partial charge in [0.2, 0.25) is 0 Å². The van der Waals surface area contributed by atoms with Crippen LogP contribution in [-0.4, -0.2) is 67.1 Å². The summed E-state index contributed by atoms with van der Waals surface area (Å²) in [5, 5.41) is 11.2. The molecule has 1 N–H and O–H groups in total. The molecule has 2 heterocycles. The highest BCUT2D eigenvalue weighted by atomic mass is 16.7. The van der Waals surface area contributed by atoms with Crippen LogP contribution < -0.4 is 0 Å². The predicted molar refractivity (Wildman–Crippen MR) is 96.2 cm³/mol. The van der Waals surface area contributed by atoms with Gasteiger partial charge >= 0.3 is 0 Å². The molecule has 1 spiro atoms. The highest BCUT2D eigenvalue weighted by molar-refractivity contribution is 5.29. The van der Waals surface area contributed by atoms with Crippen molar-refractivity contribution in [1.29, 1.82) is 0 Å². The molecule has 1 saturated carbocycles. The number of aliphatic hydroxyl groups is 1. The van der Waals surface area contributed by atoms with Gasteiger partial charge < -0.3 is 19.5 Å². The summed E-state index contributed by atoms with van der Waals surface area (Å²) < 4.78 is 11.6. The van der Waals surface area contributed by atoms with Crippen LogP contribution in [0.1, 0.15) is 36.8 Å². The first-order chi connectivity index (χ1) is 12.1. The van der Waals surface area contributed by atoms with Crippen molar-refractivity contribution in [1.82, 2.24) is 9.80 Å². The first kappa shape index (κ1) is 17.4. The summed E-state index contributed by atoms with van der Waals surface area (Å²) in [6.45, 7) is 6.81. The summed E-state index contributed by atoms with van der Waals surface area (Å²) >= 11 is 0. The van der Waals surface area contributed by atoms with E-state index >= 15 is 0 Å². The average molecular weight is 346 g/mol. The Morgan fingerprint density at radius 2 is 1.68 bits per heavy atom. The lowest BCUT2D eigenvalue weighted by atomic mass is 9.77. The second-order valence-electron chi connectivity index (χ2n) is 7.92. The fourth-order valence-corrected chi connectivity index (χ4v) is 4.34. The Bertz CT molecular complexity index is 582. The Labute approximate surface area is 150 Å². The summed E-state index contributed by atoms with van der Waals surface area (Å²) in [6, 6.07) is 8.54. The molecule has 3 aliphatic rings. The molecule has 2 saturated heterocycles. The normalized spacial score (nSPS) is 27.0. The van der Waals surface area contributed by atoms with Gasteiger partial charge in [-0.1, -0.05) is 24.3 Å².